The zero-order valence-corrected chi connectivity index (χ0v) is 22.3. The Bertz CT molecular complexity index is 918. The van der Waals surface area contributed by atoms with Crippen LogP contribution in [0.2, 0.25) is 0 Å². The van der Waals surface area contributed by atoms with E-state index in [-0.39, 0.29) is 40.0 Å². The Morgan fingerprint density at radius 1 is 0.879 bits per heavy atom. The van der Waals surface area contributed by atoms with E-state index in [1.807, 2.05) is 0 Å². The second-order valence-electron chi connectivity index (χ2n) is 14.8. The number of hydrogen-bond donors (Lipinski definition) is 0. The Morgan fingerprint density at radius 3 is 2.27 bits per heavy atom. The molecule has 0 aromatic carbocycles. The maximum absolute atomic E-state index is 13.1. The quantitative estimate of drug-likeness (QED) is 0.312. The van der Waals surface area contributed by atoms with E-state index in [2.05, 4.69) is 61.5 Å². The van der Waals surface area contributed by atoms with Gasteiger partial charge in [0.15, 0.2) is 6.10 Å². The summed E-state index contributed by atoms with van der Waals surface area (Å²) < 4.78 is 12.2. The van der Waals surface area contributed by atoms with Crippen LogP contribution in [-0.4, -0.2) is 18.4 Å². The van der Waals surface area contributed by atoms with Gasteiger partial charge in [0.1, 0.15) is 0 Å². The third kappa shape index (κ3) is 2.40. The molecule has 3 heteroatoms. The minimum Gasteiger partial charge on any atom is -0.433 e. The highest BCUT2D eigenvalue weighted by atomic mass is 16.8. The van der Waals surface area contributed by atoms with Gasteiger partial charge in [-0.3, -0.25) is 0 Å². The molecule has 10 unspecified atom stereocenters. The molecule has 0 aromatic heterocycles. The van der Waals surface area contributed by atoms with E-state index < -0.39 is 0 Å². The molecule has 4 aliphatic carbocycles. The van der Waals surface area contributed by atoms with Crippen LogP contribution in [0.4, 0.5) is 0 Å². The number of carbonyl (C=O) groups excluding carboxylic acids is 1. The van der Waals surface area contributed by atoms with Crippen molar-refractivity contribution in [2.45, 2.75) is 113 Å². The normalized spacial score (nSPS) is 56.4. The number of fused-ring (bicyclic) bond motifs is 10. The molecule has 6 aliphatic rings. The molecule has 2 saturated heterocycles. The fourth-order valence-electron chi connectivity index (χ4n) is 11.4. The number of carbonyl (C=O) groups is 1. The van der Waals surface area contributed by atoms with E-state index in [0.29, 0.717) is 17.3 Å². The van der Waals surface area contributed by atoms with Crippen LogP contribution < -0.4 is 0 Å². The number of ether oxygens (including phenoxy) is 2. The smallest absolute Gasteiger partial charge is 0.338 e. The molecule has 0 aromatic rings. The summed E-state index contributed by atoms with van der Waals surface area (Å²) in [6.07, 6.45) is 10.9. The molecule has 3 nitrogen and oxygen atoms in total. The summed E-state index contributed by atoms with van der Waals surface area (Å²) in [5.41, 5.74) is 2.38. The molecule has 184 valence electrons. The Kier molecular flexibility index (Phi) is 4.44. The minimum atomic E-state index is -0.382. The summed E-state index contributed by atoms with van der Waals surface area (Å²) >= 11 is 0. The number of allylic oxidation sites excluding steroid dienone is 2. The Morgan fingerprint density at radius 2 is 1.58 bits per heavy atom. The van der Waals surface area contributed by atoms with Gasteiger partial charge in [-0.25, -0.2) is 4.79 Å². The monoisotopic (exact) mass is 454 g/mol. The lowest BCUT2D eigenvalue weighted by molar-refractivity contribution is -0.292. The standard InChI is InChI=1S/C30H46O3/c1-17(2)18-11-14-27(5)19(18)12-15-28(6)21(27)9-10-22-29(28,7)16-13-20-26(3,4)25-32-23(24(31)33-25)30(20,22)8/h12,17-18,20-23,25H,9-11,13-16H2,1-8H3. The van der Waals surface area contributed by atoms with E-state index in [1.165, 1.54) is 44.9 Å². The SMILES string of the molecule is CC(C)C1CCC2(C)C1=CCC1(C)C2CCC2C3(C)C4OC(OC4=O)C(C)(C)C3CCC21C. The molecular formula is C30H46O3. The lowest BCUT2D eigenvalue weighted by atomic mass is 9.33. The first-order valence-electron chi connectivity index (χ1n) is 13.9. The van der Waals surface area contributed by atoms with Crippen molar-refractivity contribution in [2.24, 2.45) is 56.7 Å². The van der Waals surface area contributed by atoms with Crippen LogP contribution in [0.25, 0.3) is 0 Å². The highest BCUT2D eigenvalue weighted by Crippen LogP contribution is 2.77. The number of hydrogen-bond acceptors (Lipinski definition) is 3. The summed E-state index contributed by atoms with van der Waals surface area (Å²) in [5, 5.41) is 0. The average molecular weight is 455 g/mol. The molecule has 0 N–H and O–H groups in total. The Balaban J connectivity index is 1.44. The van der Waals surface area contributed by atoms with Gasteiger partial charge in [-0.05, 0) is 90.8 Å². The Hall–Kier alpha value is -0.830. The molecule has 2 aliphatic heterocycles. The predicted octanol–water partition coefficient (Wildman–Crippen LogP) is 7.15. The van der Waals surface area contributed by atoms with Crippen molar-refractivity contribution in [2.75, 3.05) is 0 Å². The van der Waals surface area contributed by atoms with Crippen molar-refractivity contribution in [3.05, 3.63) is 11.6 Å². The van der Waals surface area contributed by atoms with Crippen molar-refractivity contribution in [1.82, 2.24) is 0 Å². The van der Waals surface area contributed by atoms with Gasteiger partial charge < -0.3 is 9.47 Å². The summed E-state index contributed by atoms with van der Waals surface area (Å²) in [4.78, 5) is 13.1. The molecule has 5 fully saturated rings. The minimum absolute atomic E-state index is 0.0945. The van der Waals surface area contributed by atoms with Crippen LogP contribution in [0.15, 0.2) is 11.6 Å². The van der Waals surface area contributed by atoms with Gasteiger partial charge in [0.05, 0.1) is 0 Å². The molecule has 0 spiro atoms. The number of esters is 1. The highest BCUT2D eigenvalue weighted by molar-refractivity contribution is 5.78. The highest BCUT2D eigenvalue weighted by Gasteiger charge is 2.74. The van der Waals surface area contributed by atoms with E-state index in [4.69, 9.17) is 9.47 Å². The van der Waals surface area contributed by atoms with E-state index in [9.17, 15) is 4.79 Å². The van der Waals surface area contributed by atoms with Crippen molar-refractivity contribution < 1.29 is 14.3 Å². The second-order valence-corrected chi connectivity index (χ2v) is 14.8. The summed E-state index contributed by atoms with van der Waals surface area (Å²) in [5.74, 6) is 3.14. The van der Waals surface area contributed by atoms with Gasteiger partial charge >= 0.3 is 5.97 Å². The van der Waals surface area contributed by atoms with Crippen LogP contribution in [-0.2, 0) is 14.3 Å². The van der Waals surface area contributed by atoms with Crippen LogP contribution in [0, 0.1) is 56.7 Å². The number of rotatable bonds is 1. The fraction of sp³-hybridized carbons (Fsp3) is 0.900. The summed E-state index contributed by atoms with van der Waals surface area (Å²) in [7, 11) is 0. The van der Waals surface area contributed by atoms with E-state index in [1.54, 1.807) is 5.57 Å². The van der Waals surface area contributed by atoms with E-state index in [0.717, 1.165) is 17.8 Å². The first-order chi connectivity index (χ1) is 15.3. The van der Waals surface area contributed by atoms with Gasteiger partial charge in [-0.1, -0.05) is 67.0 Å². The van der Waals surface area contributed by atoms with Crippen molar-refractivity contribution in [1.29, 1.82) is 0 Å². The Labute approximate surface area is 201 Å². The molecule has 0 amide bonds. The van der Waals surface area contributed by atoms with Crippen LogP contribution in [0.5, 0.6) is 0 Å². The van der Waals surface area contributed by atoms with Gasteiger partial charge in [0.25, 0.3) is 0 Å². The first kappa shape index (κ1) is 22.6. The fourth-order valence-corrected chi connectivity index (χ4v) is 11.4. The maximum Gasteiger partial charge on any atom is 0.338 e. The molecule has 2 heterocycles. The summed E-state index contributed by atoms with van der Waals surface area (Å²) in [6, 6.07) is 0. The second kappa shape index (κ2) is 6.48. The molecule has 3 saturated carbocycles. The lowest BCUT2D eigenvalue weighted by Crippen LogP contribution is -2.68. The molecular weight excluding hydrogens is 408 g/mol. The van der Waals surface area contributed by atoms with Gasteiger partial charge in [-0.15, -0.1) is 0 Å². The largest absolute Gasteiger partial charge is 0.433 e. The van der Waals surface area contributed by atoms with Crippen LogP contribution >= 0.6 is 0 Å². The lowest BCUT2D eigenvalue weighted by Gasteiger charge is -2.72. The van der Waals surface area contributed by atoms with E-state index >= 15 is 0 Å². The first-order valence-corrected chi connectivity index (χ1v) is 13.9. The van der Waals surface area contributed by atoms with Crippen molar-refractivity contribution in [3.63, 3.8) is 0 Å². The topological polar surface area (TPSA) is 35.5 Å². The average Bonchev–Trinajstić information content (AvgIpc) is 3.27. The predicted molar refractivity (Wildman–Crippen MR) is 130 cm³/mol. The van der Waals surface area contributed by atoms with Gasteiger partial charge in [-0.2, -0.15) is 0 Å². The van der Waals surface area contributed by atoms with Gasteiger partial charge in [0, 0.05) is 10.8 Å². The molecule has 2 bridgehead atoms. The van der Waals surface area contributed by atoms with Crippen LogP contribution in [0.3, 0.4) is 0 Å². The third-order valence-corrected chi connectivity index (χ3v) is 13.2. The van der Waals surface area contributed by atoms with Gasteiger partial charge in [0.2, 0.25) is 6.29 Å². The third-order valence-electron chi connectivity index (χ3n) is 13.2. The summed E-state index contributed by atoms with van der Waals surface area (Å²) in [6.45, 7) is 19.7. The van der Waals surface area contributed by atoms with Crippen LogP contribution in [0.1, 0.15) is 100 Å². The maximum atomic E-state index is 13.1. The zero-order valence-electron chi connectivity index (χ0n) is 22.3. The van der Waals surface area contributed by atoms with Crippen molar-refractivity contribution >= 4 is 5.97 Å². The molecule has 10 atom stereocenters. The molecule has 0 radical (unpaired) electrons. The molecule has 6 rings (SSSR count). The zero-order chi connectivity index (χ0) is 23.8. The molecule has 33 heavy (non-hydrogen) atoms. The van der Waals surface area contributed by atoms with Crippen molar-refractivity contribution in [3.8, 4) is 0 Å².